The molecule has 0 spiro atoms. The molecule has 0 saturated heterocycles. The van der Waals surface area contributed by atoms with E-state index in [9.17, 15) is 4.79 Å². The number of nitrogens with zero attached hydrogens (tertiary/aromatic N) is 2. The van der Waals surface area contributed by atoms with E-state index in [0.717, 1.165) is 5.56 Å². The molecule has 1 radical (unpaired) electrons. The summed E-state index contributed by atoms with van der Waals surface area (Å²) >= 11 is 0. The summed E-state index contributed by atoms with van der Waals surface area (Å²) in [6.07, 6.45) is 2.50. The van der Waals surface area contributed by atoms with Gasteiger partial charge < -0.3 is 5.73 Å². The monoisotopic (exact) mass is 239 g/mol. The lowest BCUT2D eigenvalue weighted by Gasteiger charge is -1.98. The zero-order valence-corrected chi connectivity index (χ0v) is 9.55. The first-order valence-corrected chi connectivity index (χ1v) is 5.36. The molecule has 1 heterocycles. The van der Waals surface area contributed by atoms with Gasteiger partial charge in [0.2, 0.25) is 0 Å². The molecule has 0 fully saturated rings. The van der Waals surface area contributed by atoms with E-state index in [4.69, 9.17) is 11.0 Å². The maximum atomic E-state index is 10.9. The number of hydrogen-bond donors (Lipinski definition) is 2. The van der Waals surface area contributed by atoms with E-state index in [0.29, 0.717) is 17.7 Å². The van der Waals surface area contributed by atoms with Crippen LogP contribution in [0.1, 0.15) is 27.3 Å². The largest absolute Gasteiger partial charge is 0.364 e. The van der Waals surface area contributed by atoms with Gasteiger partial charge in [-0.15, -0.1) is 0 Å². The number of hydrogen-bond acceptors (Lipinski definition) is 3. The number of benzene rings is 1. The molecule has 1 aromatic carbocycles. The molecule has 0 unspecified atom stereocenters. The number of nitriles is 1. The van der Waals surface area contributed by atoms with Gasteiger partial charge in [-0.25, -0.2) is 0 Å². The minimum Gasteiger partial charge on any atom is -0.364 e. The van der Waals surface area contributed by atoms with Crippen molar-refractivity contribution < 1.29 is 4.79 Å². The lowest BCUT2D eigenvalue weighted by molar-refractivity contribution is 0.0995. The van der Waals surface area contributed by atoms with Crippen molar-refractivity contribution in [1.29, 1.82) is 5.26 Å². The number of carbonyl (C=O) groups is 1. The summed E-state index contributed by atoms with van der Waals surface area (Å²) in [6.45, 7) is 0. The molecule has 0 atom stereocenters. The van der Waals surface area contributed by atoms with Crippen LogP contribution in [-0.4, -0.2) is 16.1 Å². The van der Waals surface area contributed by atoms with Crippen LogP contribution < -0.4 is 5.73 Å². The fourth-order valence-corrected chi connectivity index (χ4v) is 1.56. The van der Waals surface area contributed by atoms with Crippen LogP contribution >= 0.6 is 0 Å². The topological polar surface area (TPSA) is 95.6 Å². The molecule has 1 amide bonds. The fraction of sp³-hybridized carbons (Fsp3) is 0.0769. The van der Waals surface area contributed by atoms with Crippen LogP contribution in [0, 0.1) is 17.8 Å². The van der Waals surface area contributed by atoms with Crippen LogP contribution in [0.15, 0.2) is 30.3 Å². The third-order valence-electron chi connectivity index (χ3n) is 2.47. The molecule has 5 heteroatoms. The van der Waals surface area contributed by atoms with Crippen LogP contribution in [0.2, 0.25) is 0 Å². The third kappa shape index (κ3) is 2.74. The van der Waals surface area contributed by atoms with Gasteiger partial charge in [-0.1, -0.05) is 12.1 Å². The highest BCUT2D eigenvalue weighted by atomic mass is 16.1. The van der Waals surface area contributed by atoms with Crippen molar-refractivity contribution >= 4 is 5.91 Å². The number of nitrogens with one attached hydrogen (secondary N) is 1. The number of nitrogens with two attached hydrogens (primary N) is 1. The van der Waals surface area contributed by atoms with Gasteiger partial charge in [0.05, 0.1) is 17.3 Å². The van der Waals surface area contributed by atoms with E-state index in [1.807, 2.05) is 24.6 Å². The molecule has 0 aliphatic carbocycles. The zero-order chi connectivity index (χ0) is 13.0. The number of amides is 1. The summed E-state index contributed by atoms with van der Waals surface area (Å²) in [4.78, 5) is 10.9. The van der Waals surface area contributed by atoms with Gasteiger partial charge in [-0.2, -0.15) is 10.4 Å². The van der Waals surface area contributed by atoms with Crippen LogP contribution in [-0.2, 0) is 6.42 Å². The number of aromatic nitrogens is 2. The van der Waals surface area contributed by atoms with Crippen molar-refractivity contribution in [2.24, 2.45) is 5.73 Å². The highest BCUT2D eigenvalue weighted by Crippen LogP contribution is 2.10. The summed E-state index contributed by atoms with van der Waals surface area (Å²) in [6, 6.07) is 11.0. The minimum atomic E-state index is -0.534. The van der Waals surface area contributed by atoms with Crippen molar-refractivity contribution in [2.45, 2.75) is 6.42 Å². The number of carbonyl (C=O) groups excluding carboxylic acids is 1. The Labute approximate surface area is 104 Å². The fourth-order valence-electron chi connectivity index (χ4n) is 1.56. The minimum absolute atomic E-state index is 0.284. The molecule has 3 N–H and O–H groups in total. The lowest BCUT2D eigenvalue weighted by atomic mass is 10.1. The Balaban J connectivity index is 2.02. The Morgan fingerprint density at radius 3 is 3.00 bits per heavy atom. The molecule has 0 bridgehead atoms. The van der Waals surface area contributed by atoms with Crippen LogP contribution in [0.25, 0.3) is 0 Å². The maximum absolute atomic E-state index is 10.9. The van der Waals surface area contributed by atoms with E-state index >= 15 is 0 Å². The van der Waals surface area contributed by atoms with Crippen molar-refractivity contribution in [3.63, 3.8) is 0 Å². The first kappa shape index (κ1) is 11.9. The Morgan fingerprint density at radius 1 is 1.50 bits per heavy atom. The van der Waals surface area contributed by atoms with Crippen molar-refractivity contribution in [3.05, 3.63) is 59.3 Å². The second-order valence-electron chi connectivity index (χ2n) is 3.79. The Hall–Kier alpha value is -2.61. The van der Waals surface area contributed by atoms with E-state index in [-0.39, 0.29) is 5.69 Å². The van der Waals surface area contributed by atoms with Crippen molar-refractivity contribution in [3.8, 4) is 6.07 Å². The summed E-state index contributed by atoms with van der Waals surface area (Å²) in [5, 5.41) is 15.3. The molecule has 0 aliphatic heterocycles. The van der Waals surface area contributed by atoms with E-state index in [2.05, 4.69) is 16.3 Å². The molecule has 18 heavy (non-hydrogen) atoms. The highest BCUT2D eigenvalue weighted by molar-refractivity contribution is 5.90. The molecule has 0 aliphatic rings. The summed E-state index contributed by atoms with van der Waals surface area (Å²) in [7, 11) is 0. The van der Waals surface area contributed by atoms with Gasteiger partial charge in [0, 0.05) is 6.42 Å². The predicted molar refractivity (Wildman–Crippen MR) is 65.4 cm³/mol. The molecule has 0 saturated carbocycles. The number of aromatic amines is 1. The molecule has 2 rings (SSSR count). The van der Waals surface area contributed by atoms with E-state index in [1.165, 1.54) is 0 Å². The average Bonchev–Trinajstić information content (AvgIpc) is 2.85. The predicted octanol–water partition coefficient (Wildman–Crippen LogP) is 1.18. The van der Waals surface area contributed by atoms with Gasteiger partial charge in [-0.3, -0.25) is 9.89 Å². The molecule has 1 aromatic heterocycles. The van der Waals surface area contributed by atoms with Crippen molar-refractivity contribution in [1.82, 2.24) is 10.2 Å². The van der Waals surface area contributed by atoms with Gasteiger partial charge in [0.15, 0.2) is 0 Å². The summed E-state index contributed by atoms with van der Waals surface area (Å²) in [5.41, 5.74) is 7.69. The Morgan fingerprint density at radius 2 is 2.33 bits per heavy atom. The Kier molecular flexibility index (Phi) is 3.39. The molecular formula is C13H11N4O. The highest BCUT2D eigenvalue weighted by Gasteiger charge is 2.06. The van der Waals surface area contributed by atoms with E-state index in [1.54, 1.807) is 12.1 Å². The van der Waals surface area contributed by atoms with Gasteiger partial charge in [0.1, 0.15) is 5.69 Å². The van der Waals surface area contributed by atoms with Crippen LogP contribution in [0.3, 0.4) is 0 Å². The van der Waals surface area contributed by atoms with Gasteiger partial charge >= 0.3 is 0 Å². The van der Waals surface area contributed by atoms with Crippen LogP contribution in [0.4, 0.5) is 0 Å². The number of H-pyrrole nitrogens is 1. The first-order chi connectivity index (χ1) is 8.69. The Bertz CT molecular complexity index is 609. The molecule has 89 valence electrons. The van der Waals surface area contributed by atoms with Gasteiger partial charge in [-0.05, 0) is 30.2 Å². The second kappa shape index (κ2) is 5.15. The zero-order valence-electron chi connectivity index (χ0n) is 9.55. The SMILES string of the molecule is N#Cc1cccc(C[CH]c2cc(C(N)=O)[nH]n2)c1. The summed E-state index contributed by atoms with van der Waals surface area (Å²) < 4.78 is 0. The average molecular weight is 239 g/mol. The van der Waals surface area contributed by atoms with E-state index < -0.39 is 5.91 Å². The molecule has 5 nitrogen and oxygen atoms in total. The summed E-state index contributed by atoms with van der Waals surface area (Å²) in [5.74, 6) is -0.534. The number of rotatable bonds is 4. The molecular weight excluding hydrogens is 228 g/mol. The second-order valence-corrected chi connectivity index (χ2v) is 3.79. The van der Waals surface area contributed by atoms with Crippen molar-refractivity contribution in [2.75, 3.05) is 0 Å². The van der Waals surface area contributed by atoms with Gasteiger partial charge in [0.25, 0.3) is 5.91 Å². The lowest BCUT2D eigenvalue weighted by Crippen LogP contribution is -2.10. The normalized spacial score (nSPS) is 9.94. The molecule has 2 aromatic rings. The number of primary amides is 1. The quantitative estimate of drug-likeness (QED) is 0.838. The standard InChI is InChI=1S/C13H11N4O/c14-8-10-3-1-2-9(6-10)4-5-11-7-12(13(15)18)17-16-11/h1-3,5-7H,4H2,(H2,15,18)(H,16,17). The smallest absolute Gasteiger partial charge is 0.266 e. The van der Waals surface area contributed by atoms with Crippen LogP contribution in [0.5, 0.6) is 0 Å². The third-order valence-corrected chi connectivity index (χ3v) is 2.47. The first-order valence-electron chi connectivity index (χ1n) is 5.36. The maximum Gasteiger partial charge on any atom is 0.266 e.